The zero-order chi connectivity index (χ0) is 19.1. The highest BCUT2D eigenvalue weighted by atomic mass is 32.2. The smallest absolute Gasteiger partial charge is 0.225 e. The van der Waals surface area contributed by atoms with E-state index < -0.39 is 10.0 Å². The summed E-state index contributed by atoms with van der Waals surface area (Å²) in [5.74, 6) is -0.748. The number of hydrogen-bond acceptors (Lipinski definition) is 3. The first kappa shape index (κ1) is 18.9. The maximum Gasteiger partial charge on any atom is 0.225 e. The van der Waals surface area contributed by atoms with Crippen LogP contribution in [0.2, 0.25) is 0 Å². The molecule has 0 bridgehead atoms. The van der Waals surface area contributed by atoms with Crippen LogP contribution < -0.4 is 5.32 Å². The normalized spacial score (nSPS) is 25.6. The number of sulfonamides is 1. The Balaban J connectivity index is 1.50. The first-order valence-electron chi connectivity index (χ1n) is 9.92. The molecule has 1 N–H and O–H groups in total. The van der Waals surface area contributed by atoms with Crippen LogP contribution in [-0.2, 0) is 21.4 Å². The molecule has 1 amide bonds. The SMILES string of the molecule is O=C(NCc1cccc(F)c1)[C@@H]1CN(S(=O)(=O)C2CC2)CC12CCCCC2. The van der Waals surface area contributed by atoms with Gasteiger partial charge >= 0.3 is 0 Å². The van der Waals surface area contributed by atoms with Gasteiger partial charge in [0, 0.05) is 19.6 Å². The van der Waals surface area contributed by atoms with Gasteiger partial charge in [0.25, 0.3) is 0 Å². The number of halogens is 1. The summed E-state index contributed by atoms with van der Waals surface area (Å²) in [4.78, 5) is 13.0. The van der Waals surface area contributed by atoms with Crippen molar-refractivity contribution in [1.29, 1.82) is 0 Å². The van der Waals surface area contributed by atoms with Crippen LogP contribution >= 0.6 is 0 Å². The summed E-state index contributed by atoms with van der Waals surface area (Å²) in [6.45, 7) is 1.02. The van der Waals surface area contributed by atoms with Crippen molar-refractivity contribution in [2.45, 2.75) is 56.7 Å². The fraction of sp³-hybridized carbons (Fsp3) is 0.650. The molecule has 1 saturated heterocycles. The molecule has 5 nitrogen and oxygen atoms in total. The van der Waals surface area contributed by atoms with Crippen molar-refractivity contribution >= 4 is 15.9 Å². The van der Waals surface area contributed by atoms with Crippen LogP contribution in [0.4, 0.5) is 4.39 Å². The molecule has 3 aliphatic rings. The number of nitrogens with one attached hydrogen (secondary N) is 1. The molecule has 27 heavy (non-hydrogen) atoms. The van der Waals surface area contributed by atoms with Gasteiger partial charge in [-0.3, -0.25) is 4.79 Å². The summed E-state index contributed by atoms with van der Waals surface area (Å²) in [5.41, 5.74) is 0.466. The summed E-state index contributed by atoms with van der Waals surface area (Å²) < 4.78 is 40.5. The highest BCUT2D eigenvalue weighted by Gasteiger charge is 2.54. The van der Waals surface area contributed by atoms with Crippen LogP contribution in [0, 0.1) is 17.2 Å². The van der Waals surface area contributed by atoms with Gasteiger partial charge in [0.15, 0.2) is 0 Å². The van der Waals surface area contributed by atoms with Crippen molar-refractivity contribution in [3.63, 3.8) is 0 Å². The van der Waals surface area contributed by atoms with Gasteiger partial charge < -0.3 is 5.32 Å². The Morgan fingerprint density at radius 1 is 1.22 bits per heavy atom. The molecule has 2 saturated carbocycles. The van der Waals surface area contributed by atoms with Gasteiger partial charge in [0.2, 0.25) is 15.9 Å². The van der Waals surface area contributed by atoms with E-state index in [1.165, 1.54) is 12.1 Å². The molecule has 4 rings (SSSR count). The number of hydrogen-bond donors (Lipinski definition) is 1. The van der Waals surface area contributed by atoms with Gasteiger partial charge in [0.05, 0.1) is 11.2 Å². The molecule has 1 aromatic rings. The van der Waals surface area contributed by atoms with E-state index in [4.69, 9.17) is 0 Å². The first-order chi connectivity index (χ1) is 12.9. The third-order valence-corrected chi connectivity index (χ3v) is 8.76. The van der Waals surface area contributed by atoms with Crippen LogP contribution in [-0.4, -0.2) is 37.0 Å². The molecular weight excluding hydrogens is 367 g/mol. The Kier molecular flexibility index (Phi) is 5.01. The minimum absolute atomic E-state index is 0.102. The first-order valence-corrected chi connectivity index (χ1v) is 11.4. The van der Waals surface area contributed by atoms with E-state index in [0.717, 1.165) is 44.9 Å². The number of carbonyl (C=O) groups excluding carboxylic acids is 1. The maximum atomic E-state index is 13.4. The van der Waals surface area contributed by atoms with Gasteiger partial charge in [-0.1, -0.05) is 31.4 Å². The quantitative estimate of drug-likeness (QED) is 0.835. The number of nitrogens with zero attached hydrogens (tertiary/aromatic N) is 1. The van der Waals surface area contributed by atoms with Crippen molar-refractivity contribution in [3.05, 3.63) is 35.6 Å². The van der Waals surface area contributed by atoms with Crippen molar-refractivity contribution in [2.75, 3.05) is 13.1 Å². The standard InChI is InChI=1S/C20H27FN2O3S/c21-16-6-4-5-15(11-16)12-22-19(24)18-13-23(27(25,26)17-7-8-17)14-20(18)9-2-1-3-10-20/h4-6,11,17-18H,1-3,7-10,12-14H2,(H,22,24)/t18-/m0/s1. The van der Waals surface area contributed by atoms with E-state index in [0.29, 0.717) is 12.1 Å². The highest BCUT2D eigenvalue weighted by Crippen LogP contribution is 2.49. The van der Waals surface area contributed by atoms with Crippen LogP contribution in [0.15, 0.2) is 24.3 Å². The number of benzene rings is 1. The van der Waals surface area contributed by atoms with Crippen LogP contribution in [0.5, 0.6) is 0 Å². The van der Waals surface area contributed by atoms with E-state index in [1.54, 1.807) is 16.4 Å². The molecule has 1 heterocycles. The van der Waals surface area contributed by atoms with E-state index in [1.807, 2.05) is 0 Å². The lowest BCUT2D eigenvalue weighted by Crippen LogP contribution is -2.42. The zero-order valence-electron chi connectivity index (χ0n) is 15.5. The van der Waals surface area contributed by atoms with Crippen molar-refractivity contribution in [3.8, 4) is 0 Å². The minimum atomic E-state index is -3.28. The van der Waals surface area contributed by atoms with E-state index in [2.05, 4.69) is 5.32 Å². The van der Waals surface area contributed by atoms with Gasteiger partial charge in [-0.25, -0.2) is 17.1 Å². The fourth-order valence-electron chi connectivity index (χ4n) is 4.78. The van der Waals surface area contributed by atoms with Crippen LogP contribution in [0.1, 0.15) is 50.5 Å². The lowest BCUT2D eigenvalue weighted by atomic mass is 9.67. The second kappa shape index (κ2) is 7.17. The summed E-state index contributed by atoms with van der Waals surface area (Å²) in [6.07, 6.45) is 6.53. The topological polar surface area (TPSA) is 66.5 Å². The van der Waals surface area contributed by atoms with Crippen molar-refractivity contribution in [2.24, 2.45) is 11.3 Å². The van der Waals surface area contributed by atoms with Crippen molar-refractivity contribution < 1.29 is 17.6 Å². The maximum absolute atomic E-state index is 13.4. The second-order valence-corrected chi connectivity index (χ2v) is 10.6. The molecule has 1 aliphatic heterocycles. The molecular formula is C20H27FN2O3S. The molecule has 2 aliphatic carbocycles. The molecule has 7 heteroatoms. The Morgan fingerprint density at radius 3 is 2.63 bits per heavy atom. The molecule has 1 spiro atoms. The fourth-order valence-corrected chi connectivity index (χ4v) is 6.72. The average Bonchev–Trinajstić information content (AvgIpc) is 3.44. The monoisotopic (exact) mass is 394 g/mol. The number of amides is 1. The summed E-state index contributed by atoms with van der Waals surface area (Å²) >= 11 is 0. The molecule has 3 fully saturated rings. The lowest BCUT2D eigenvalue weighted by Gasteiger charge is -2.37. The molecule has 0 radical (unpaired) electrons. The highest BCUT2D eigenvalue weighted by molar-refractivity contribution is 7.90. The van der Waals surface area contributed by atoms with Gasteiger partial charge in [-0.2, -0.15) is 0 Å². The third kappa shape index (κ3) is 3.76. The largest absolute Gasteiger partial charge is 0.352 e. The number of carbonyl (C=O) groups is 1. The average molecular weight is 395 g/mol. The van der Waals surface area contributed by atoms with Gasteiger partial charge in [-0.15, -0.1) is 0 Å². The third-order valence-electron chi connectivity index (χ3n) is 6.44. The second-order valence-electron chi connectivity index (χ2n) is 8.36. The molecule has 148 valence electrons. The predicted molar refractivity (Wildman–Crippen MR) is 101 cm³/mol. The van der Waals surface area contributed by atoms with Gasteiger partial charge in [0.1, 0.15) is 5.82 Å². The van der Waals surface area contributed by atoms with E-state index in [9.17, 15) is 17.6 Å². The predicted octanol–water partition coefficient (Wildman–Crippen LogP) is 2.82. The lowest BCUT2D eigenvalue weighted by molar-refractivity contribution is -0.128. The minimum Gasteiger partial charge on any atom is -0.352 e. The Morgan fingerprint density at radius 2 is 1.96 bits per heavy atom. The van der Waals surface area contributed by atoms with Crippen molar-refractivity contribution in [1.82, 2.24) is 9.62 Å². The van der Waals surface area contributed by atoms with Gasteiger partial charge in [-0.05, 0) is 48.8 Å². The van der Waals surface area contributed by atoms with E-state index >= 15 is 0 Å². The number of rotatable bonds is 5. The Hall–Kier alpha value is -1.47. The molecule has 1 aromatic carbocycles. The molecule has 0 unspecified atom stereocenters. The summed E-state index contributed by atoms with van der Waals surface area (Å²) in [7, 11) is -3.28. The van der Waals surface area contributed by atoms with Crippen LogP contribution in [0.3, 0.4) is 0 Å². The summed E-state index contributed by atoms with van der Waals surface area (Å²) in [5, 5.41) is 2.69. The Labute approximate surface area is 160 Å². The van der Waals surface area contributed by atoms with E-state index in [-0.39, 0.29) is 41.4 Å². The molecule has 1 atom stereocenters. The van der Waals surface area contributed by atoms with Crippen LogP contribution in [0.25, 0.3) is 0 Å². The molecule has 0 aromatic heterocycles. The zero-order valence-corrected chi connectivity index (χ0v) is 16.3. The summed E-state index contributed by atoms with van der Waals surface area (Å²) in [6, 6.07) is 6.19. The Bertz CT molecular complexity index is 816.